The van der Waals surface area contributed by atoms with Crippen molar-refractivity contribution >= 4 is 27.5 Å². The quantitative estimate of drug-likeness (QED) is 0.437. The summed E-state index contributed by atoms with van der Waals surface area (Å²) in [5.41, 5.74) is 0.592. The van der Waals surface area contributed by atoms with E-state index in [2.05, 4.69) is 5.32 Å². The number of rotatable bonds is 12. The van der Waals surface area contributed by atoms with Gasteiger partial charge in [-0.15, -0.1) is 0 Å². The highest BCUT2D eigenvalue weighted by molar-refractivity contribution is 7.92. The van der Waals surface area contributed by atoms with E-state index in [0.717, 1.165) is 36.2 Å². The first-order valence-corrected chi connectivity index (χ1v) is 14.5. The summed E-state index contributed by atoms with van der Waals surface area (Å²) >= 11 is 0. The third-order valence-corrected chi connectivity index (χ3v) is 7.81. The minimum Gasteiger partial charge on any atom is -0.352 e. The van der Waals surface area contributed by atoms with Gasteiger partial charge in [0.1, 0.15) is 17.7 Å². The first-order valence-electron chi connectivity index (χ1n) is 12.7. The van der Waals surface area contributed by atoms with E-state index in [0.29, 0.717) is 12.0 Å². The van der Waals surface area contributed by atoms with Crippen molar-refractivity contribution in [2.24, 2.45) is 0 Å². The van der Waals surface area contributed by atoms with E-state index >= 15 is 0 Å². The molecule has 2 aromatic rings. The van der Waals surface area contributed by atoms with E-state index in [9.17, 15) is 26.8 Å². The van der Waals surface area contributed by atoms with Crippen LogP contribution in [0.5, 0.6) is 0 Å². The molecule has 1 N–H and O–H groups in total. The number of nitrogens with zero attached hydrogens (tertiary/aromatic N) is 2. The smallest absolute Gasteiger partial charge is 0.243 e. The highest BCUT2D eigenvalue weighted by Gasteiger charge is 2.31. The molecule has 37 heavy (non-hydrogen) atoms. The second kappa shape index (κ2) is 13.0. The molecule has 1 aliphatic rings. The topological polar surface area (TPSA) is 86.8 Å². The standard InChI is InChI=1S/C27H35F2N3O4S/c1-3-24(27(34)30-22-9-4-5-10-22)31(19-20-14-16-21(28)17-15-20)26(33)13-8-18-32(37(2,35)36)25-12-7-6-11-23(25)29/h6-7,11-12,14-17,22,24H,3-5,8-10,13,18-19H2,1-2H3,(H,30,34)/t24-/m0/s1. The van der Waals surface area contributed by atoms with Crippen molar-refractivity contribution < 1.29 is 26.8 Å². The van der Waals surface area contributed by atoms with E-state index in [4.69, 9.17) is 0 Å². The lowest BCUT2D eigenvalue weighted by atomic mass is 10.1. The van der Waals surface area contributed by atoms with Crippen LogP contribution in [0.15, 0.2) is 48.5 Å². The van der Waals surface area contributed by atoms with Crippen LogP contribution in [-0.2, 0) is 26.2 Å². The first kappa shape index (κ1) is 28.6. The number of halogens is 2. The van der Waals surface area contributed by atoms with Crippen LogP contribution >= 0.6 is 0 Å². The summed E-state index contributed by atoms with van der Waals surface area (Å²) in [6.07, 6.45) is 5.38. The van der Waals surface area contributed by atoms with Gasteiger partial charge in [-0.25, -0.2) is 17.2 Å². The van der Waals surface area contributed by atoms with E-state index in [1.165, 1.54) is 35.2 Å². The summed E-state index contributed by atoms with van der Waals surface area (Å²) in [4.78, 5) is 28.1. The normalized spacial score (nSPS) is 14.8. The molecule has 0 aromatic heterocycles. The van der Waals surface area contributed by atoms with Crippen molar-refractivity contribution in [1.82, 2.24) is 10.2 Å². The Kier molecular flexibility index (Phi) is 10.0. The molecule has 0 saturated heterocycles. The van der Waals surface area contributed by atoms with Crippen LogP contribution in [0.4, 0.5) is 14.5 Å². The van der Waals surface area contributed by atoms with Gasteiger partial charge < -0.3 is 10.2 Å². The van der Waals surface area contributed by atoms with Crippen LogP contribution in [0.25, 0.3) is 0 Å². The predicted octanol–water partition coefficient (Wildman–Crippen LogP) is 4.38. The third kappa shape index (κ3) is 7.99. The molecule has 1 atom stereocenters. The lowest BCUT2D eigenvalue weighted by Crippen LogP contribution is -2.51. The average Bonchev–Trinajstić information content (AvgIpc) is 3.36. The molecule has 0 heterocycles. The molecular weight excluding hydrogens is 500 g/mol. The molecule has 7 nitrogen and oxygen atoms in total. The summed E-state index contributed by atoms with van der Waals surface area (Å²) in [6, 6.07) is 10.7. The van der Waals surface area contributed by atoms with E-state index < -0.39 is 27.7 Å². The van der Waals surface area contributed by atoms with Crippen molar-refractivity contribution in [1.29, 1.82) is 0 Å². The molecule has 0 bridgehead atoms. The van der Waals surface area contributed by atoms with Gasteiger partial charge in [-0.05, 0) is 55.5 Å². The van der Waals surface area contributed by atoms with Crippen molar-refractivity contribution in [3.05, 3.63) is 65.7 Å². The molecule has 1 fully saturated rings. The number of carbonyl (C=O) groups excluding carboxylic acids is 2. The van der Waals surface area contributed by atoms with Gasteiger partial charge in [0.15, 0.2) is 0 Å². The molecule has 10 heteroatoms. The largest absolute Gasteiger partial charge is 0.352 e. The van der Waals surface area contributed by atoms with Gasteiger partial charge in [0.05, 0.1) is 11.9 Å². The Morgan fingerprint density at radius 2 is 1.70 bits per heavy atom. The Hall–Kier alpha value is -3.01. The van der Waals surface area contributed by atoms with Crippen molar-refractivity contribution in [2.45, 2.75) is 70.5 Å². The number of nitrogens with one attached hydrogen (secondary N) is 1. The summed E-state index contributed by atoms with van der Waals surface area (Å²) < 4.78 is 53.4. The minimum absolute atomic E-state index is 0.0468. The molecule has 2 amide bonds. The number of sulfonamides is 1. The van der Waals surface area contributed by atoms with Gasteiger partial charge >= 0.3 is 0 Å². The Bertz CT molecular complexity index is 1170. The summed E-state index contributed by atoms with van der Waals surface area (Å²) in [7, 11) is -3.79. The Labute approximate surface area is 217 Å². The Morgan fingerprint density at radius 1 is 1.05 bits per heavy atom. The molecule has 0 unspecified atom stereocenters. The lowest BCUT2D eigenvalue weighted by Gasteiger charge is -2.32. The zero-order valence-corrected chi connectivity index (χ0v) is 22.1. The zero-order valence-electron chi connectivity index (χ0n) is 21.3. The van der Waals surface area contributed by atoms with E-state index in [1.807, 2.05) is 6.92 Å². The average molecular weight is 536 g/mol. The van der Waals surface area contributed by atoms with Crippen LogP contribution in [0.3, 0.4) is 0 Å². The Balaban J connectivity index is 1.76. The molecule has 1 saturated carbocycles. The van der Waals surface area contributed by atoms with Crippen LogP contribution in [0.1, 0.15) is 57.4 Å². The number of para-hydroxylation sites is 1. The van der Waals surface area contributed by atoms with Gasteiger partial charge in [0.2, 0.25) is 21.8 Å². The first-order chi connectivity index (χ1) is 17.6. The third-order valence-electron chi connectivity index (χ3n) is 6.63. The lowest BCUT2D eigenvalue weighted by molar-refractivity contribution is -0.141. The fourth-order valence-corrected chi connectivity index (χ4v) is 5.68. The molecule has 3 rings (SSSR count). The van der Waals surface area contributed by atoms with Gasteiger partial charge in [0, 0.05) is 25.6 Å². The van der Waals surface area contributed by atoms with Gasteiger partial charge in [-0.3, -0.25) is 13.9 Å². The number of amides is 2. The molecule has 0 radical (unpaired) electrons. The maximum Gasteiger partial charge on any atom is 0.243 e. The SMILES string of the molecule is CC[C@@H](C(=O)NC1CCCC1)N(Cc1ccc(F)cc1)C(=O)CCCN(c1ccccc1F)S(C)(=O)=O. The Morgan fingerprint density at radius 3 is 2.30 bits per heavy atom. The summed E-state index contributed by atoms with van der Waals surface area (Å²) in [5.74, 6) is -1.64. The molecule has 2 aromatic carbocycles. The highest BCUT2D eigenvalue weighted by atomic mass is 32.2. The predicted molar refractivity (Wildman–Crippen MR) is 139 cm³/mol. The second-order valence-corrected chi connectivity index (χ2v) is 11.4. The number of hydrogen-bond donors (Lipinski definition) is 1. The maximum atomic E-state index is 14.3. The molecule has 0 aliphatic heterocycles. The van der Waals surface area contributed by atoms with Crippen LogP contribution in [0, 0.1) is 11.6 Å². The summed E-state index contributed by atoms with van der Waals surface area (Å²) in [5, 5.41) is 3.06. The van der Waals surface area contributed by atoms with Crippen LogP contribution in [0.2, 0.25) is 0 Å². The molecule has 0 spiro atoms. The zero-order chi connectivity index (χ0) is 27.0. The number of anilines is 1. The van der Waals surface area contributed by atoms with Gasteiger partial charge in [0.25, 0.3) is 0 Å². The van der Waals surface area contributed by atoms with Crippen LogP contribution in [-0.4, -0.2) is 50.0 Å². The number of carbonyl (C=O) groups is 2. The number of benzene rings is 2. The van der Waals surface area contributed by atoms with Crippen molar-refractivity contribution in [2.75, 3.05) is 17.1 Å². The highest BCUT2D eigenvalue weighted by Crippen LogP contribution is 2.23. The van der Waals surface area contributed by atoms with E-state index in [-0.39, 0.29) is 49.5 Å². The molecule has 1 aliphatic carbocycles. The molecule has 202 valence electrons. The number of hydrogen-bond acceptors (Lipinski definition) is 4. The maximum absolute atomic E-state index is 14.3. The van der Waals surface area contributed by atoms with Gasteiger partial charge in [-0.1, -0.05) is 44.0 Å². The van der Waals surface area contributed by atoms with Gasteiger partial charge in [-0.2, -0.15) is 0 Å². The monoisotopic (exact) mass is 535 g/mol. The fraction of sp³-hybridized carbons (Fsp3) is 0.481. The second-order valence-electron chi connectivity index (χ2n) is 9.45. The van der Waals surface area contributed by atoms with E-state index in [1.54, 1.807) is 18.2 Å². The van der Waals surface area contributed by atoms with Crippen molar-refractivity contribution in [3.8, 4) is 0 Å². The summed E-state index contributed by atoms with van der Waals surface area (Å²) in [6.45, 7) is 1.84. The van der Waals surface area contributed by atoms with Crippen LogP contribution < -0.4 is 9.62 Å². The molecular formula is C27H35F2N3O4S. The minimum atomic E-state index is -3.79. The fourth-order valence-electron chi connectivity index (χ4n) is 4.71. The van der Waals surface area contributed by atoms with Crippen molar-refractivity contribution in [3.63, 3.8) is 0 Å².